The zero-order valence-electron chi connectivity index (χ0n) is 19.0. The highest BCUT2D eigenvalue weighted by molar-refractivity contribution is 14.0. The number of nitrogens with zero attached hydrogens (tertiary/aromatic N) is 5. The van der Waals surface area contributed by atoms with Gasteiger partial charge in [0.1, 0.15) is 0 Å². The third-order valence-electron chi connectivity index (χ3n) is 5.91. The van der Waals surface area contributed by atoms with E-state index >= 15 is 0 Å². The Kier molecular flexibility index (Phi) is 9.61. The lowest BCUT2D eigenvalue weighted by Gasteiger charge is -2.39. The van der Waals surface area contributed by atoms with E-state index in [0.29, 0.717) is 18.4 Å². The van der Waals surface area contributed by atoms with Gasteiger partial charge in [0.05, 0.1) is 18.8 Å². The molecule has 1 N–H and O–H groups in total. The molecule has 0 amide bonds. The molecule has 0 saturated carbocycles. The molecule has 2 heterocycles. The Morgan fingerprint density at radius 3 is 2.60 bits per heavy atom. The first-order valence-electron chi connectivity index (χ1n) is 10.7. The molecular formula is C23H37IN6. The van der Waals surface area contributed by atoms with Crippen LogP contribution in [0.15, 0.2) is 47.7 Å². The summed E-state index contributed by atoms with van der Waals surface area (Å²) in [7, 11) is 6.17. The van der Waals surface area contributed by atoms with Crippen LogP contribution in [0.5, 0.6) is 0 Å². The van der Waals surface area contributed by atoms with Gasteiger partial charge in [0, 0.05) is 38.4 Å². The Bertz CT molecular complexity index is 788. The topological polar surface area (TPSA) is 48.7 Å². The van der Waals surface area contributed by atoms with Crippen LogP contribution in [-0.4, -0.2) is 65.8 Å². The summed E-state index contributed by atoms with van der Waals surface area (Å²) in [6.45, 7) is 8.17. The zero-order valence-corrected chi connectivity index (χ0v) is 21.3. The van der Waals surface area contributed by atoms with Crippen LogP contribution in [0.3, 0.4) is 0 Å². The molecule has 1 saturated heterocycles. The van der Waals surface area contributed by atoms with Crippen LogP contribution in [0.25, 0.3) is 0 Å². The van der Waals surface area contributed by atoms with Crippen molar-refractivity contribution in [2.45, 2.75) is 32.2 Å². The van der Waals surface area contributed by atoms with Crippen LogP contribution in [0.4, 0.5) is 0 Å². The van der Waals surface area contributed by atoms with Crippen molar-refractivity contribution in [3.63, 3.8) is 0 Å². The maximum Gasteiger partial charge on any atom is 0.193 e. The van der Waals surface area contributed by atoms with Crippen LogP contribution in [0, 0.1) is 5.92 Å². The van der Waals surface area contributed by atoms with E-state index < -0.39 is 0 Å². The summed E-state index contributed by atoms with van der Waals surface area (Å²) in [6.07, 6.45) is 5.19. The van der Waals surface area contributed by atoms with Gasteiger partial charge in [0.15, 0.2) is 5.96 Å². The molecule has 7 heteroatoms. The minimum Gasteiger partial charge on any atom is -0.357 e. The van der Waals surface area contributed by atoms with Crippen molar-refractivity contribution in [3.05, 3.63) is 53.9 Å². The van der Waals surface area contributed by atoms with Crippen LogP contribution in [0.2, 0.25) is 0 Å². The molecule has 3 atom stereocenters. The molecule has 0 spiro atoms. The van der Waals surface area contributed by atoms with Crippen molar-refractivity contribution >= 4 is 29.9 Å². The summed E-state index contributed by atoms with van der Waals surface area (Å²) in [5.41, 5.74) is 2.67. The number of likely N-dealkylation sites (N-methyl/N-ethyl adjacent to an activating group) is 1. The predicted molar refractivity (Wildman–Crippen MR) is 136 cm³/mol. The van der Waals surface area contributed by atoms with Crippen molar-refractivity contribution < 1.29 is 0 Å². The lowest BCUT2D eigenvalue weighted by molar-refractivity contribution is 0.233. The van der Waals surface area contributed by atoms with E-state index in [1.807, 2.05) is 17.9 Å². The Morgan fingerprint density at radius 1 is 1.30 bits per heavy atom. The number of benzene rings is 1. The van der Waals surface area contributed by atoms with Gasteiger partial charge in [0.25, 0.3) is 0 Å². The molecule has 6 nitrogen and oxygen atoms in total. The average Bonchev–Trinajstić information content (AvgIpc) is 3.13. The first kappa shape index (κ1) is 24.7. The molecule has 3 unspecified atom stereocenters. The highest BCUT2D eigenvalue weighted by Gasteiger charge is 2.29. The highest BCUT2D eigenvalue weighted by atomic mass is 127. The number of aryl methyl sites for hydroxylation is 1. The minimum absolute atomic E-state index is 0. The fourth-order valence-electron chi connectivity index (χ4n) is 4.31. The number of aromatic nitrogens is 2. The quantitative estimate of drug-likeness (QED) is 0.356. The van der Waals surface area contributed by atoms with Crippen molar-refractivity contribution in [2.75, 3.05) is 40.3 Å². The maximum atomic E-state index is 5.03. The Hall–Kier alpha value is -1.61. The summed E-state index contributed by atoms with van der Waals surface area (Å²) in [6, 6.07) is 11.2. The number of guanidine groups is 1. The first-order chi connectivity index (χ1) is 14.0. The fourth-order valence-corrected chi connectivity index (χ4v) is 4.31. The molecule has 1 fully saturated rings. The van der Waals surface area contributed by atoms with Crippen LogP contribution >= 0.6 is 24.0 Å². The lowest BCUT2D eigenvalue weighted by Crippen LogP contribution is -2.48. The number of halogens is 1. The molecule has 1 aromatic carbocycles. The molecule has 166 valence electrons. The molecule has 1 aliphatic rings. The summed E-state index contributed by atoms with van der Waals surface area (Å²) in [5.74, 6) is 2.25. The number of aliphatic imine (C=N–C) groups is 1. The number of hydrogen-bond donors (Lipinski definition) is 1. The smallest absolute Gasteiger partial charge is 0.193 e. The fraction of sp³-hybridized carbons (Fsp3) is 0.565. The van der Waals surface area contributed by atoms with E-state index in [1.165, 1.54) is 11.1 Å². The van der Waals surface area contributed by atoms with Gasteiger partial charge < -0.3 is 15.1 Å². The third-order valence-corrected chi connectivity index (χ3v) is 5.91. The molecule has 0 radical (unpaired) electrons. The molecule has 1 aromatic heterocycles. The second-order valence-corrected chi connectivity index (χ2v) is 8.35. The molecule has 3 rings (SSSR count). The first-order valence-corrected chi connectivity index (χ1v) is 10.7. The highest BCUT2D eigenvalue weighted by Crippen LogP contribution is 2.32. The second-order valence-electron chi connectivity index (χ2n) is 8.35. The Balaban J connectivity index is 0.00000320. The number of rotatable bonds is 6. The number of nitrogens with one attached hydrogen (secondary N) is 1. The molecule has 0 aliphatic carbocycles. The van der Waals surface area contributed by atoms with Crippen molar-refractivity contribution in [3.8, 4) is 0 Å². The van der Waals surface area contributed by atoms with Crippen LogP contribution in [-0.2, 0) is 7.05 Å². The summed E-state index contributed by atoms with van der Waals surface area (Å²) >= 11 is 0. The van der Waals surface area contributed by atoms with E-state index in [2.05, 4.69) is 84.7 Å². The molecule has 1 aliphatic heterocycles. The van der Waals surface area contributed by atoms with Gasteiger partial charge in [-0.05, 0) is 44.8 Å². The van der Waals surface area contributed by atoms with E-state index in [4.69, 9.17) is 4.99 Å². The van der Waals surface area contributed by atoms with E-state index in [9.17, 15) is 0 Å². The van der Waals surface area contributed by atoms with Crippen molar-refractivity contribution in [1.29, 1.82) is 0 Å². The number of likely N-dealkylation sites (tertiary alicyclic amines) is 1. The Morgan fingerprint density at radius 2 is 2.03 bits per heavy atom. The van der Waals surface area contributed by atoms with Gasteiger partial charge in [-0.15, -0.1) is 24.0 Å². The number of hydrogen-bond acceptors (Lipinski definition) is 3. The number of piperidine rings is 1. The largest absolute Gasteiger partial charge is 0.357 e. The molecule has 30 heavy (non-hydrogen) atoms. The van der Waals surface area contributed by atoms with Gasteiger partial charge in [0.2, 0.25) is 0 Å². The Labute approximate surface area is 198 Å². The summed E-state index contributed by atoms with van der Waals surface area (Å²) in [5, 5.41) is 7.85. The average molecular weight is 524 g/mol. The molecular weight excluding hydrogens is 487 g/mol. The SMILES string of the molecule is CCNC(=NCC(c1cnn(C)c1)N(C)C)N1CCC(c2ccccc2)C(C)C1.I. The van der Waals surface area contributed by atoms with E-state index in [-0.39, 0.29) is 30.0 Å². The van der Waals surface area contributed by atoms with Gasteiger partial charge in [-0.1, -0.05) is 37.3 Å². The normalized spacial score (nSPS) is 20.7. The summed E-state index contributed by atoms with van der Waals surface area (Å²) < 4.78 is 1.86. The zero-order chi connectivity index (χ0) is 20.8. The monoisotopic (exact) mass is 524 g/mol. The van der Waals surface area contributed by atoms with Crippen LogP contribution < -0.4 is 5.32 Å². The van der Waals surface area contributed by atoms with Gasteiger partial charge in [-0.25, -0.2) is 0 Å². The van der Waals surface area contributed by atoms with Gasteiger partial charge in [-0.3, -0.25) is 9.67 Å². The van der Waals surface area contributed by atoms with Gasteiger partial charge in [-0.2, -0.15) is 5.10 Å². The lowest BCUT2D eigenvalue weighted by atomic mass is 9.82. The molecule has 0 bridgehead atoms. The second kappa shape index (κ2) is 11.7. The predicted octanol–water partition coefficient (Wildman–Crippen LogP) is 3.73. The maximum absolute atomic E-state index is 5.03. The summed E-state index contributed by atoms with van der Waals surface area (Å²) in [4.78, 5) is 9.68. The van der Waals surface area contributed by atoms with Crippen LogP contribution in [0.1, 0.15) is 43.4 Å². The molecule has 2 aromatic rings. The van der Waals surface area contributed by atoms with E-state index in [1.54, 1.807) is 0 Å². The standard InChI is InChI=1S/C23H36N6.HI/c1-6-24-23(25-15-22(27(3)4)20-14-26-28(5)17-20)29-13-12-21(18(2)16-29)19-10-8-7-9-11-19;/h7-11,14,17-18,21-22H,6,12-13,15-16H2,1-5H3,(H,24,25);1H. The van der Waals surface area contributed by atoms with Crippen molar-refractivity contribution in [2.24, 2.45) is 18.0 Å². The van der Waals surface area contributed by atoms with Gasteiger partial charge >= 0.3 is 0 Å². The van der Waals surface area contributed by atoms with Crippen molar-refractivity contribution in [1.82, 2.24) is 24.9 Å². The minimum atomic E-state index is 0. The third kappa shape index (κ3) is 6.20. The van der Waals surface area contributed by atoms with E-state index in [0.717, 1.165) is 32.0 Å².